The van der Waals surface area contributed by atoms with Gasteiger partial charge in [-0.05, 0) is 30.7 Å². The molecule has 5 nitrogen and oxygen atoms in total. The molecule has 0 unspecified atom stereocenters. The molecule has 0 saturated heterocycles. The summed E-state index contributed by atoms with van der Waals surface area (Å²) < 4.78 is 4.86. The molecular formula is C14H16O5. The number of rotatable bonds is 6. The van der Waals surface area contributed by atoms with Gasteiger partial charge >= 0.3 is 11.9 Å². The zero-order chi connectivity index (χ0) is 14.4. The number of Topliss-reactive ketones (excluding diaryl/α,β-unsaturated/α-hetero) is 1. The molecule has 19 heavy (non-hydrogen) atoms. The zero-order valence-electron chi connectivity index (χ0n) is 10.9. The molecule has 0 spiro atoms. The van der Waals surface area contributed by atoms with Crippen LogP contribution in [0.4, 0.5) is 0 Å². The Hall–Kier alpha value is -2.17. The van der Waals surface area contributed by atoms with E-state index < -0.39 is 11.9 Å². The van der Waals surface area contributed by atoms with Gasteiger partial charge in [0.05, 0.1) is 18.6 Å². The fourth-order valence-corrected chi connectivity index (χ4v) is 1.67. The molecule has 0 aromatic heterocycles. The second kappa shape index (κ2) is 6.68. The molecule has 1 rings (SSSR count). The highest BCUT2D eigenvalue weighted by molar-refractivity contribution is 5.99. The highest BCUT2D eigenvalue weighted by Gasteiger charge is 2.14. The van der Waals surface area contributed by atoms with Gasteiger partial charge in [-0.3, -0.25) is 9.59 Å². The lowest BCUT2D eigenvalue weighted by molar-refractivity contribution is -0.136. The van der Waals surface area contributed by atoms with E-state index in [0.717, 1.165) is 0 Å². The summed E-state index contributed by atoms with van der Waals surface area (Å²) >= 11 is 0. The number of carbonyl (C=O) groups excluding carboxylic acids is 2. The van der Waals surface area contributed by atoms with Crippen LogP contribution in [0.1, 0.15) is 46.5 Å². The van der Waals surface area contributed by atoms with E-state index in [1.54, 1.807) is 13.8 Å². The smallest absolute Gasteiger partial charge is 0.338 e. The quantitative estimate of drug-likeness (QED) is 0.628. The monoisotopic (exact) mass is 264 g/mol. The van der Waals surface area contributed by atoms with Gasteiger partial charge in [-0.25, -0.2) is 4.79 Å². The van der Waals surface area contributed by atoms with Crippen molar-refractivity contribution in [1.82, 2.24) is 0 Å². The number of esters is 1. The Balaban J connectivity index is 3.19. The minimum atomic E-state index is -1.02. The molecule has 0 aliphatic carbocycles. The average molecular weight is 264 g/mol. The van der Waals surface area contributed by atoms with Crippen molar-refractivity contribution in [3.63, 3.8) is 0 Å². The normalized spacial score (nSPS) is 10.0. The highest BCUT2D eigenvalue weighted by atomic mass is 16.5. The van der Waals surface area contributed by atoms with Crippen LogP contribution < -0.4 is 0 Å². The number of carbonyl (C=O) groups is 3. The second-order valence-corrected chi connectivity index (χ2v) is 3.99. The topological polar surface area (TPSA) is 80.7 Å². The SMILES string of the molecule is CCOC(=O)c1cc(CC(=O)O)cc(C(=O)CC)c1. The Morgan fingerprint density at radius 3 is 2.26 bits per heavy atom. The first-order valence-electron chi connectivity index (χ1n) is 6.04. The molecule has 1 aromatic carbocycles. The van der Waals surface area contributed by atoms with Crippen LogP contribution in [0.15, 0.2) is 18.2 Å². The van der Waals surface area contributed by atoms with Crippen LogP contribution >= 0.6 is 0 Å². The minimum absolute atomic E-state index is 0.141. The van der Waals surface area contributed by atoms with Crippen molar-refractivity contribution in [1.29, 1.82) is 0 Å². The number of ketones is 1. The van der Waals surface area contributed by atoms with E-state index in [9.17, 15) is 14.4 Å². The molecule has 0 heterocycles. The highest BCUT2D eigenvalue weighted by Crippen LogP contribution is 2.14. The van der Waals surface area contributed by atoms with Crippen molar-refractivity contribution in [2.45, 2.75) is 26.7 Å². The molecule has 102 valence electrons. The van der Waals surface area contributed by atoms with Crippen molar-refractivity contribution in [3.05, 3.63) is 34.9 Å². The summed E-state index contributed by atoms with van der Waals surface area (Å²) in [5, 5.41) is 8.79. The van der Waals surface area contributed by atoms with Crippen LogP contribution in [0.2, 0.25) is 0 Å². The number of hydrogen-bond acceptors (Lipinski definition) is 4. The van der Waals surface area contributed by atoms with E-state index in [0.29, 0.717) is 17.5 Å². The van der Waals surface area contributed by atoms with E-state index >= 15 is 0 Å². The fraction of sp³-hybridized carbons (Fsp3) is 0.357. The molecule has 0 aliphatic heterocycles. The summed E-state index contributed by atoms with van der Waals surface area (Å²) in [4.78, 5) is 34.1. The van der Waals surface area contributed by atoms with Gasteiger partial charge in [0.25, 0.3) is 0 Å². The van der Waals surface area contributed by atoms with Crippen LogP contribution in [0.25, 0.3) is 0 Å². The molecule has 0 amide bonds. The number of aliphatic carboxylic acids is 1. The van der Waals surface area contributed by atoms with Gasteiger partial charge in [0, 0.05) is 12.0 Å². The van der Waals surface area contributed by atoms with Gasteiger partial charge in [0.2, 0.25) is 0 Å². The molecule has 0 aliphatic rings. The summed E-state index contributed by atoms with van der Waals surface area (Å²) in [5.41, 5.74) is 0.955. The third-order valence-corrected chi connectivity index (χ3v) is 2.50. The third-order valence-electron chi connectivity index (χ3n) is 2.50. The number of benzene rings is 1. The van der Waals surface area contributed by atoms with Gasteiger partial charge < -0.3 is 9.84 Å². The van der Waals surface area contributed by atoms with Crippen LogP contribution in [0.5, 0.6) is 0 Å². The maximum absolute atomic E-state index is 11.7. The van der Waals surface area contributed by atoms with E-state index in [4.69, 9.17) is 9.84 Å². The molecule has 0 saturated carbocycles. The number of carboxylic acid groups (broad SMARTS) is 1. The third kappa shape index (κ3) is 4.21. The molecule has 0 bridgehead atoms. The zero-order valence-corrected chi connectivity index (χ0v) is 10.9. The standard InChI is InChI=1S/C14H16O5/c1-3-12(15)10-5-9(7-13(16)17)6-11(8-10)14(18)19-4-2/h5-6,8H,3-4,7H2,1-2H3,(H,16,17). The lowest BCUT2D eigenvalue weighted by Crippen LogP contribution is -2.09. The molecule has 0 fully saturated rings. The van der Waals surface area contributed by atoms with Gasteiger partial charge in [-0.2, -0.15) is 0 Å². The van der Waals surface area contributed by atoms with Crippen molar-refractivity contribution in [2.75, 3.05) is 6.61 Å². The van der Waals surface area contributed by atoms with Crippen LogP contribution in [0, 0.1) is 0 Å². The summed E-state index contributed by atoms with van der Waals surface area (Å²) in [6.07, 6.45) is 0.0516. The fourth-order valence-electron chi connectivity index (χ4n) is 1.67. The van der Waals surface area contributed by atoms with Gasteiger partial charge in [-0.1, -0.05) is 6.92 Å². The molecule has 0 radical (unpaired) electrons. The molecule has 0 atom stereocenters. The van der Waals surface area contributed by atoms with Crippen molar-refractivity contribution in [2.24, 2.45) is 0 Å². The first-order valence-corrected chi connectivity index (χ1v) is 6.04. The summed E-state index contributed by atoms with van der Waals surface area (Å²) in [7, 11) is 0. The van der Waals surface area contributed by atoms with Gasteiger partial charge in [-0.15, -0.1) is 0 Å². The summed E-state index contributed by atoms with van der Waals surface area (Å²) in [6.45, 7) is 3.60. The molecular weight excluding hydrogens is 248 g/mol. The van der Waals surface area contributed by atoms with E-state index in [1.165, 1.54) is 18.2 Å². The number of carboxylic acids is 1. The van der Waals surface area contributed by atoms with Crippen molar-refractivity contribution < 1.29 is 24.2 Å². The Morgan fingerprint density at radius 1 is 1.11 bits per heavy atom. The maximum Gasteiger partial charge on any atom is 0.338 e. The second-order valence-electron chi connectivity index (χ2n) is 3.99. The van der Waals surface area contributed by atoms with E-state index in [2.05, 4.69) is 0 Å². The predicted octanol–water partition coefficient (Wildman–Crippen LogP) is 2.08. The number of hydrogen-bond donors (Lipinski definition) is 1. The van der Waals surface area contributed by atoms with Gasteiger partial charge in [0.15, 0.2) is 5.78 Å². The molecule has 1 aromatic rings. The van der Waals surface area contributed by atoms with Gasteiger partial charge in [0.1, 0.15) is 0 Å². The van der Waals surface area contributed by atoms with E-state index in [1.807, 2.05) is 0 Å². The Morgan fingerprint density at radius 2 is 1.74 bits per heavy atom. The Bertz CT molecular complexity index is 505. The first kappa shape index (κ1) is 14.9. The molecule has 1 N–H and O–H groups in total. The maximum atomic E-state index is 11.7. The van der Waals surface area contributed by atoms with Crippen molar-refractivity contribution >= 4 is 17.7 Å². The number of ether oxygens (including phenoxy) is 1. The Labute approximate surface area is 111 Å². The lowest BCUT2D eigenvalue weighted by atomic mass is 10.00. The predicted molar refractivity (Wildman–Crippen MR) is 68.4 cm³/mol. The van der Waals surface area contributed by atoms with Crippen LogP contribution in [-0.2, 0) is 16.0 Å². The minimum Gasteiger partial charge on any atom is -0.481 e. The first-order chi connectivity index (χ1) is 8.97. The van der Waals surface area contributed by atoms with Crippen LogP contribution in [-0.4, -0.2) is 29.4 Å². The van der Waals surface area contributed by atoms with E-state index in [-0.39, 0.29) is 24.4 Å². The largest absolute Gasteiger partial charge is 0.481 e. The molecule has 5 heteroatoms. The lowest BCUT2D eigenvalue weighted by Gasteiger charge is -2.07. The average Bonchev–Trinajstić information content (AvgIpc) is 2.36. The van der Waals surface area contributed by atoms with Crippen molar-refractivity contribution in [3.8, 4) is 0 Å². The summed E-state index contributed by atoms with van der Waals surface area (Å²) in [5.74, 6) is -1.71. The Kier molecular flexibility index (Phi) is 5.23. The van der Waals surface area contributed by atoms with Crippen LogP contribution in [0.3, 0.4) is 0 Å². The summed E-state index contributed by atoms with van der Waals surface area (Å²) in [6, 6.07) is 4.39.